The van der Waals surface area contributed by atoms with Gasteiger partial charge < -0.3 is 5.32 Å². The lowest BCUT2D eigenvalue weighted by atomic mass is 10.3. The van der Waals surface area contributed by atoms with E-state index in [2.05, 4.69) is 42.6 Å². The van der Waals surface area contributed by atoms with Crippen molar-refractivity contribution in [3.63, 3.8) is 0 Å². The Kier molecular flexibility index (Phi) is 4.94. The summed E-state index contributed by atoms with van der Waals surface area (Å²) in [6, 6.07) is 10.6. The summed E-state index contributed by atoms with van der Waals surface area (Å²) in [5, 5.41) is 3.91. The fraction of sp³-hybridized carbons (Fsp3) is 0.455. The van der Waals surface area contributed by atoms with Crippen LogP contribution in [-0.2, 0) is 0 Å². The van der Waals surface area contributed by atoms with E-state index in [-0.39, 0.29) is 0 Å². The topological polar surface area (TPSA) is 12.0 Å². The van der Waals surface area contributed by atoms with Crippen LogP contribution in [0.5, 0.6) is 0 Å². The summed E-state index contributed by atoms with van der Waals surface area (Å²) in [6.45, 7) is 3.31. The molecule has 0 aromatic heterocycles. The van der Waals surface area contributed by atoms with Gasteiger partial charge in [-0.25, -0.2) is 0 Å². The molecule has 0 bridgehead atoms. The molecule has 0 saturated heterocycles. The Morgan fingerprint density at radius 2 is 2.00 bits per heavy atom. The largest absolute Gasteiger partial charge is 0.319 e. The molecule has 0 spiro atoms. The molecular weight excluding hydrogens is 178 g/mol. The second kappa shape index (κ2) is 6.06. The van der Waals surface area contributed by atoms with Crippen molar-refractivity contribution in [1.29, 1.82) is 0 Å². The molecule has 1 unspecified atom stereocenters. The van der Waals surface area contributed by atoms with E-state index < -0.39 is 0 Å². The van der Waals surface area contributed by atoms with Gasteiger partial charge in [0.1, 0.15) is 0 Å². The first-order valence-corrected chi connectivity index (χ1v) is 5.61. The maximum absolute atomic E-state index is 3.22. The number of thioether (sulfide) groups is 1. The summed E-state index contributed by atoms with van der Waals surface area (Å²) >= 11 is 1.95. The average molecular weight is 195 g/mol. The van der Waals surface area contributed by atoms with Gasteiger partial charge in [0.25, 0.3) is 0 Å². The standard InChI is InChI=1S/C11H17NS/c1-3-10(9-12-2)13-11-7-5-4-6-8-11/h4-8,10,12H,3,9H2,1-2H3. The first-order chi connectivity index (χ1) is 6.36. The Morgan fingerprint density at radius 3 is 2.54 bits per heavy atom. The van der Waals surface area contributed by atoms with Gasteiger partial charge in [-0.15, -0.1) is 11.8 Å². The molecule has 0 heterocycles. The highest BCUT2D eigenvalue weighted by atomic mass is 32.2. The summed E-state index contributed by atoms with van der Waals surface area (Å²) in [5.74, 6) is 0. The molecule has 1 rings (SSSR count). The number of hydrogen-bond acceptors (Lipinski definition) is 2. The van der Waals surface area contributed by atoms with Crippen molar-refractivity contribution >= 4 is 11.8 Å². The minimum atomic E-state index is 0.687. The maximum atomic E-state index is 3.22. The molecule has 1 aromatic rings. The normalized spacial score (nSPS) is 12.8. The fourth-order valence-electron chi connectivity index (χ4n) is 1.19. The van der Waals surface area contributed by atoms with Gasteiger partial charge in [0, 0.05) is 16.7 Å². The van der Waals surface area contributed by atoms with Crippen LogP contribution >= 0.6 is 11.8 Å². The van der Waals surface area contributed by atoms with E-state index >= 15 is 0 Å². The number of nitrogens with one attached hydrogen (secondary N) is 1. The molecule has 2 heteroatoms. The number of hydrogen-bond donors (Lipinski definition) is 1. The minimum absolute atomic E-state index is 0.687. The van der Waals surface area contributed by atoms with Crippen LogP contribution in [-0.4, -0.2) is 18.8 Å². The van der Waals surface area contributed by atoms with Crippen molar-refractivity contribution in [2.24, 2.45) is 0 Å². The summed E-state index contributed by atoms with van der Waals surface area (Å²) in [6.07, 6.45) is 1.21. The third-order valence-corrected chi connectivity index (χ3v) is 3.31. The van der Waals surface area contributed by atoms with Crippen LogP contribution < -0.4 is 5.32 Å². The van der Waals surface area contributed by atoms with Crippen molar-refractivity contribution in [2.75, 3.05) is 13.6 Å². The van der Waals surface area contributed by atoms with Gasteiger partial charge in [0.15, 0.2) is 0 Å². The van der Waals surface area contributed by atoms with Gasteiger partial charge in [-0.1, -0.05) is 25.1 Å². The number of rotatable bonds is 5. The molecule has 0 aliphatic carbocycles. The first kappa shape index (κ1) is 10.6. The Labute approximate surface area is 84.9 Å². The van der Waals surface area contributed by atoms with Crippen molar-refractivity contribution in [3.05, 3.63) is 30.3 Å². The smallest absolute Gasteiger partial charge is 0.0217 e. The second-order valence-electron chi connectivity index (χ2n) is 3.02. The third kappa shape index (κ3) is 3.83. The van der Waals surface area contributed by atoms with E-state index in [9.17, 15) is 0 Å². The molecule has 0 amide bonds. The lowest BCUT2D eigenvalue weighted by Crippen LogP contribution is -2.19. The van der Waals surface area contributed by atoms with Crippen molar-refractivity contribution in [1.82, 2.24) is 5.32 Å². The van der Waals surface area contributed by atoms with Crippen molar-refractivity contribution < 1.29 is 0 Å². The van der Waals surface area contributed by atoms with Gasteiger partial charge in [-0.05, 0) is 25.6 Å². The average Bonchev–Trinajstić information content (AvgIpc) is 2.19. The molecule has 0 fully saturated rings. The van der Waals surface area contributed by atoms with Crippen LogP contribution in [0.1, 0.15) is 13.3 Å². The fourth-order valence-corrected chi connectivity index (χ4v) is 2.30. The molecule has 0 aliphatic heterocycles. The van der Waals surface area contributed by atoms with Gasteiger partial charge in [-0.2, -0.15) is 0 Å². The Morgan fingerprint density at radius 1 is 1.31 bits per heavy atom. The van der Waals surface area contributed by atoms with Gasteiger partial charge in [-0.3, -0.25) is 0 Å². The minimum Gasteiger partial charge on any atom is -0.319 e. The zero-order valence-corrected chi connectivity index (χ0v) is 9.10. The highest BCUT2D eigenvalue weighted by molar-refractivity contribution is 8.00. The second-order valence-corrected chi connectivity index (χ2v) is 4.39. The van der Waals surface area contributed by atoms with Crippen LogP contribution in [0.3, 0.4) is 0 Å². The Bertz CT molecular complexity index is 223. The molecule has 1 aromatic carbocycles. The van der Waals surface area contributed by atoms with Crippen molar-refractivity contribution in [2.45, 2.75) is 23.5 Å². The molecule has 72 valence electrons. The molecule has 13 heavy (non-hydrogen) atoms. The number of benzene rings is 1. The monoisotopic (exact) mass is 195 g/mol. The van der Waals surface area contributed by atoms with Gasteiger partial charge in [0.05, 0.1) is 0 Å². The predicted molar refractivity (Wildman–Crippen MR) is 60.3 cm³/mol. The quantitative estimate of drug-likeness (QED) is 0.725. The lowest BCUT2D eigenvalue weighted by Gasteiger charge is -2.13. The zero-order valence-electron chi connectivity index (χ0n) is 8.29. The van der Waals surface area contributed by atoms with Crippen LogP contribution in [0.2, 0.25) is 0 Å². The van der Waals surface area contributed by atoms with Crippen LogP contribution in [0.25, 0.3) is 0 Å². The Hall–Kier alpha value is -0.470. The lowest BCUT2D eigenvalue weighted by molar-refractivity contribution is 0.726. The van der Waals surface area contributed by atoms with Crippen LogP contribution in [0.4, 0.5) is 0 Å². The molecule has 0 saturated carbocycles. The van der Waals surface area contributed by atoms with E-state index in [0.29, 0.717) is 5.25 Å². The summed E-state index contributed by atoms with van der Waals surface area (Å²) in [5.41, 5.74) is 0. The molecule has 1 atom stereocenters. The Balaban J connectivity index is 2.46. The van der Waals surface area contributed by atoms with Gasteiger partial charge in [0.2, 0.25) is 0 Å². The predicted octanol–water partition coefficient (Wildman–Crippen LogP) is 2.78. The van der Waals surface area contributed by atoms with Crippen LogP contribution in [0.15, 0.2) is 35.2 Å². The summed E-state index contributed by atoms with van der Waals surface area (Å²) in [4.78, 5) is 1.37. The van der Waals surface area contributed by atoms with Crippen molar-refractivity contribution in [3.8, 4) is 0 Å². The molecular formula is C11H17NS. The third-order valence-electron chi connectivity index (χ3n) is 1.93. The van der Waals surface area contributed by atoms with E-state index in [1.807, 2.05) is 18.8 Å². The highest BCUT2D eigenvalue weighted by Gasteiger charge is 2.05. The zero-order chi connectivity index (χ0) is 9.52. The van der Waals surface area contributed by atoms with E-state index in [1.54, 1.807) is 0 Å². The summed E-state index contributed by atoms with van der Waals surface area (Å²) < 4.78 is 0. The van der Waals surface area contributed by atoms with Gasteiger partial charge >= 0.3 is 0 Å². The first-order valence-electron chi connectivity index (χ1n) is 4.73. The van der Waals surface area contributed by atoms with E-state index in [1.165, 1.54) is 11.3 Å². The van der Waals surface area contributed by atoms with Crippen LogP contribution in [0, 0.1) is 0 Å². The molecule has 1 nitrogen and oxygen atoms in total. The maximum Gasteiger partial charge on any atom is 0.0217 e. The molecule has 0 radical (unpaired) electrons. The molecule has 1 N–H and O–H groups in total. The molecule has 0 aliphatic rings. The summed E-state index contributed by atoms with van der Waals surface area (Å²) in [7, 11) is 2.01. The SMILES string of the molecule is CCC(CNC)Sc1ccccc1. The van der Waals surface area contributed by atoms with E-state index in [4.69, 9.17) is 0 Å². The highest BCUT2D eigenvalue weighted by Crippen LogP contribution is 2.24. The van der Waals surface area contributed by atoms with E-state index in [0.717, 1.165) is 6.54 Å².